The molecule has 320 valence electrons. The molecule has 0 unspecified atom stereocenters. The SMILES string of the molecule is CCOC(=O)/C=C(\C)COc1ccc(C[C@@H]2CCCC[C@@H]2OC(=O)CC[C@@H](C)[C@H]2CC[C@H]3[C@@H]4[C@H](OC=O)C[C@@H]5C[C@H](OC=O)CC[C@]5(C)[C@H]4C[C@H](OC=O)[C@]23C)cc1. The van der Waals surface area contributed by atoms with Gasteiger partial charge in [0.25, 0.3) is 19.4 Å². The Bertz CT molecular complexity index is 1610. The molecular weight excluding hydrogens is 741 g/mol. The third-order valence-electron chi connectivity index (χ3n) is 15.6. The number of carbonyl (C=O) groups excluding carboxylic acids is 5. The van der Waals surface area contributed by atoms with Crippen LogP contribution < -0.4 is 4.74 Å². The summed E-state index contributed by atoms with van der Waals surface area (Å²) in [4.78, 5) is 60.5. The van der Waals surface area contributed by atoms with E-state index in [1.54, 1.807) is 6.92 Å². The van der Waals surface area contributed by atoms with Gasteiger partial charge in [-0.3, -0.25) is 19.2 Å². The molecule has 5 aliphatic rings. The first-order chi connectivity index (χ1) is 27.9. The van der Waals surface area contributed by atoms with E-state index in [-0.39, 0.29) is 88.6 Å². The lowest BCUT2D eigenvalue weighted by Crippen LogP contribution is -2.63. The Hall–Kier alpha value is -3.89. The van der Waals surface area contributed by atoms with Gasteiger partial charge in [0, 0.05) is 23.8 Å². The molecule has 0 radical (unpaired) electrons. The fraction of sp³-hybridized carbons (Fsp3) is 0.723. The predicted octanol–water partition coefficient (Wildman–Crippen LogP) is 8.14. The quantitative estimate of drug-likeness (QED) is 0.0615. The summed E-state index contributed by atoms with van der Waals surface area (Å²) >= 11 is 0. The molecule has 5 saturated carbocycles. The number of fused-ring (bicyclic) bond motifs is 5. The van der Waals surface area contributed by atoms with Gasteiger partial charge in [-0.15, -0.1) is 0 Å². The number of esters is 2. The normalized spacial score (nSPS) is 36.1. The van der Waals surface area contributed by atoms with Crippen molar-refractivity contribution in [2.45, 2.75) is 149 Å². The molecule has 5 fully saturated rings. The van der Waals surface area contributed by atoms with Crippen molar-refractivity contribution in [3.05, 3.63) is 41.5 Å². The van der Waals surface area contributed by atoms with Crippen molar-refractivity contribution in [3.8, 4) is 5.75 Å². The highest BCUT2D eigenvalue weighted by Crippen LogP contribution is 2.69. The Balaban J connectivity index is 1.06. The second kappa shape index (κ2) is 19.4. The first-order valence-corrected chi connectivity index (χ1v) is 22.0. The van der Waals surface area contributed by atoms with Gasteiger partial charge in [-0.1, -0.05) is 39.3 Å². The highest BCUT2D eigenvalue weighted by molar-refractivity contribution is 5.82. The van der Waals surface area contributed by atoms with Crippen LogP contribution in [0.4, 0.5) is 0 Å². The van der Waals surface area contributed by atoms with Gasteiger partial charge in [0.15, 0.2) is 0 Å². The topological polar surface area (TPSA) is 141 Å². The molecular formula is C47H66O11. The van der Waals surface area contributed by atoms with Crippen LogP contribution in [0.25, 0.3) is 0 Å². The van der Waals surface area contributed by atoms with Crippen LogP contribution in [-0.2, 0) is 54.1 Å². The molecule has 5 aliphatic carbocycles. The molecule has 11 heteroatoms. The van der Waals surface area contributed by atoms with Crippen LogP contribution in [0.3, 0.4) is 0 Å². The minimum atomic E-state index is -0.369. The maximum absolute atomic E-state index is 13.5. The molecule has 0 N–H and O–H groups in total. The van der Waals surface area contributed by atoms with E-state index in [0.29, 0.717) is 51.9 Å². The Morgan fingerprint density at radius 2 is 1.60 bits per heavy atom. The summed E-state index contributed by atoms with van der Waals surface area (Å²) in [7, 11) is 0. The van der Waals surface area contributed by atoms with Crippen molar-refractivity contribution in [1.82, 2.24) is 0 Å². The molecule has 0 aromatic heterocycles. The Morgan fingerprint density at radius 1 is 0.862 bits per heavy atom. The number of hydrogen-bond acceptors (Lipinski definition) is 11. The van der Waals surface area contributed by atoms with Crippen molar-refractivity contribution < 1.29 is 52.4 Å². The maximum atomic E-state index is 13.5. The van der Waals surface area contributed by atoms with Crippen molar-refractivity contribution in [1.29, 1.82) is 0 Å². The third-order valence-corrected chi connectivity index (χ3v) is 15.6. The van der Waals surface area contributed by atoms with Crippen LogP contribution in [0, 0.1) is 52.3 Å². The second-order valence-electron chi connectivity index (χ2n) is 18.6. The molecule has 0 saturated heterocycles. The van der Waals surface area contributed by atoms with E-state index < -0.39 is 0 Å². The van der Waals surface area contributed by atoms with E-state index in [2.05, 4.69) is 32.9 Å². The van der Waals surface area contributed by atoms with Crippen molar-refractivity contribution in [3.63, 3.8) is 0 Å². The molecule has 0 spiro atoms. The van der Waals surface area contributed by atoms with Gasteiger partial charge in [-0.25, -0.2) is 4.79 Å². The van der Waals surface area contributed by atoms with Gasteiger partial charge in [-0.2, -0.15) is 0 Å². The smallest absolute Gasteiger partial charge is 0.330 e. The van der Waals surface area contributed by atoms with Crippen molar-refractivity contribution >= 4 is 31.4 Å². The fourth-order valence-corrected chi connectivity index (χ4v) is 12.7. The predicted molar refractivity (Wildman–Crippen MR) is 215 cm³/mol. The first kappa shape index (κ1) is 43.7. The summed E-state index contributed by atoms with van der Waals surface area (Å²) in [6.07, 6.45) is 12.4. The van der Waals surface area contributed by atoms with E-state index in [9.17, 15) is 24.0 Å². The molecule has 1 aromatic rings. The van der Waals surface area contributed by atoms with Gasteiger partial charge < -0.3 is 28.4 Å². The zero-order valence-electron chi connectivity index (χ0n) is 35.3. The minimum Gasteiger partial charge on any atom is -0.489 e. The Kier molecular flexibility index (Phi) is 14.6. The first-order valence-electron chi connectivity index (χ1n) is 22.0. The van der Waals surface area contributed by atoms with Crippen LogP contribution in [0.2, 0.25) is 0 Å². The third kappa shape index (κ3) is 9.44. The van der Waals surface area contributed by atoms with Gasteiger partial charge in [0.1, 0.15) is 36.8 Å². The van der Waals surface area contributed by atoms with E-state index in [1.807, 2.05) is 19.1 Å². The summed E-state index contributed by atoms with van der Waals surface area (Å²) in [6, 6.07) is 8.02. The van der Waals surface area contributed by atoms with Gasteiger partial charge in [0.2, 0.25) is 0 Å². The molecule has 0 amide bonds. The average molecular weight is 807 g/mol. The van der Waals surface area contributed by atoms with Crippen molar-refractivity contribution in [2.75, 3.05) is 13.2 Å². The number of carbonyl (C=O) groups is 5. The molecule has 6 rings (SSSR count). The standard InChI is InChI=1S/C47H66O11/c1-6-53-44(52)21-30(2)26-54-35-14-12-32(13-15-35)22-33-9-7-8-10-40(33)58-43(51)18-11-31(3)37-16-17-38-45-39(25-42(57-29-50)47(37,38)5)46(4)20-19-36(55-27-48)23-34(46)24-41(45)56-28-49/h12-15,21,27-29,31,33-34,36-42,45H,6-11,16-20,22-26H2,1-5H3/b30-21+/t31-,33+,34+,36-,37-,38+,39+,40+,41-,42+,45+,46+,47-/m1/s1. The van der Waals surface area contributed by atoms with E-state index >= 15 is 0 Å². The number of benzene rings is 1. The van der Waals surface area contributed by atoms with Crippen LogP contribution in [0.15, 0.2) is 35.9 Å². The largest absolute Gasteiger partial charge is 0.489 e. The lowest BCUT2D eigenvalue weighted by atomic mass is 9.43. The fourth-order valence-electron chi connectivity index (χ4n) is 12.7. The van der Waals surface area contributed by atoms with E-state index in [1.165, 1.54) is 11.6 Å². The van der Waals surface area contributed by atoms with Crippen LogP contribution >= 0.6 is 0 Å². The van der Waals surface area contributed by atoms with Crippen molar-refractivity contribution in [2.24, 2.45) is 52.3 Å². The molecule has 11 nitrogen and oxygen atoms in total. The van der Waals surface area contributed by atoms with Crippen LogP contribution in [0.5, 0.6) is 5.75 Å². The molecule has 1 aromatic carbocycles. The second-order valence-corrected chi connectivity index (χ2v) is 18.6. The Labute approximate surface area is 344 Å². The number of rotatable bonds is 18. The summed E-state index contributed by atoms with van der Waals surface area (Å²) in [5.41, 5.74) is 1.57. The van der Waals surface area contributed by atoms with Gasteiger partial charge >= 0.3 is 11.9 Å². The zero-order valence-corrected chi connectivity index (χ0v) is 35.3. The van der Waals surface area contributed by atoms with Crippen LogP contribution in [-0.4, -0.2) is 69.0 Å². The number of hydrogen-bond donors (Lipinski definition) is 0. The molecule has 13 atom stereocenters. The summed E-state index contributed by atoms with van der Waals surface area (Å²) < 4.78 is 34.5. The van der Waals surface area contributed by atoms with Crippen LogP contribution in [0.1, 0.15) is 124 Å². The Morgan fingerprint density at radius 3 is 2.33 bits per heavy atom. The molecule has 58 heavy (non-hydrogen) atoms. The molecule has 0 aliphatic heterocycles. The van der Waals surface area contributed by atoms with E-state index in [4.69, 9.17) is 28.4 Å². The molecule has 0 bridgehead atoms. The molecule has 0 heterocycles. The lowest BCUT2D eigenvalue weighted by Gasteiger charge is -2.64. The average Bonchev–Trinajstić information content (AvgIpc) is 3.56. The minimum absolute atomic E-state index is 0.0470. The van der Waals surface area contributed by atoms with Gasteiger partial charge in [0.05, 0.1) is 6.61 Å². The summed E-state index contributed by atoms with van der Waals surface area (Å²) in [5, 5.41) is 0. The highest BCUT2D eigenvalue weighted by atomic mass is 16.6. The highest BCUT2D eigenvalue weighted by Gasteiger charge is 2.67. The summed E-state index contributed by atoms with van der Waals surface area (Å²) in [5.74, 6) is 1.64. The van der Waals surface area contributed by atoms with E-state index in [0.717, 1.165) is 82.0 Å². The van der Waals surface area contributed by atoms with Gasteiger partial charge in [-0.05, 0) is 155 Å². The number of ether oxygens (including phenoxy) is 6. The maximum Gasteiger partial charge on any atom is 0.330 e. The monoisotopic (exact) mass is 806 g/mol. The lowest BCUT2D eigenvalue weighted by molar-refractivity contribution is -0.218. The summed E-state index contributed by atoms with van der Waals surface area (Å²) in [6.45, 7) is 12.9. The zero-order chi connectivity index (χ0) is 41.5.